The summed E-state index contributed by atoms with van der Waals surface area (Å²) in [4.78, 5) is 32.1. The van der Waals surface area contributed by atoms with E-state index in [0.717, 1.165) is 16.7 Å². The highest BCUT2D eigenvalue weighted by atomic mass is 79.9. The van der Waals surface area contributed by atoms with E-state index in [-0.39, 0.29) is 12.2 Å². The third-order valence-corrected chi connectivity index (χ3v) is 8.38. The first-order valence-electron chi connectivity index (χ1n) is 13.4. The molecule has 0 saturated carbocycles. The van der Waals surface area contributed by atoms with E-state index in [2.05, 4.69) is 20.9 Å². The van der Waals surface area contributed by atoms with Crippen molar-refractivity contribution in [2.45, 2.75) is 33.4 Å². The van der Waals surface area contributed by atoms with Gasteiger partial charge in [-0.25, -0.2) is 9.79 Å². The van der Waals surface area contributed by atoms with Crippen molar-refractivity contribution in [3.63, 3.8) is 0 Å². The van der Waals surface area contributed by atoms with Gasteiger partial charge < -0.3 is 14.2 Å². The molecule has 1 aliphatic rings. The number of carbonyl (C=O) groups is 1. The van der Waals surface area contributed by atoms with Crippen molar-refractivity contribution in [1.29, 1.82) is 0 Å². The second-order valence-corrected chi connectivity index (χ2v) is 11.7. The quantitative estimate of drug-likeness (QED) is 0.199. The monoisotopic (exact) mass is 666 g/mol. The number of esters is 1. The summed E-state index contributed by atoms with van der Waals surface area (Å²) in [6.07, 6.45) is 1.79. The maximum Gasteiger partial charge on any atom is 0.338 e. The molecule has 0 bridgehead atoms. The molecule has 0 amide bonds. The first kappa shape index (κ1) is 29.8. The van der Waals surface area contributed by atoms with E-state index in [9.17, 15) is 9.59 Å². The zero-order valence-corrected chi connectivity index (χ0v) is 26.4. The van der Waals surface area contributed by atoms with Crippen LogP contribution in [0, 0.1) is 0 Å². The van der Waals surface area contributed by atoms with Gasteiger partial charge in [0.15, 0.2) is 16.3 Å². The fourth-order valence-electron chi connectivity index (χ4n) is 4.71. The Morgan fingerprint density at radius 3 is 2.50 bits per heavy atom. The van der Waals surface area contributed by atoms with Crippen LogP contribution in [0.25, 0.3) is 6.08 Å². The highest BCUT2D eigenvalue weighted by molar-refractivity contribution is 9.10. The number of nitrogens with zero attached hydrogens (tertiary/aromatic N) is 2. The molecule has 1 aromatic heterocycles. The van der Waals surface area contributed by atoms with Gasteiger partial charge >= 0.3 is 5.97 Å². The standard InChI is InChI=1S/C32H28BrClN2O5S/c1-4-39-25-16-21(15-24(33)29(25)41-18-20-9-7-6-8-10-20)17-26-30(37)36-28(22-11-13-23(34)14-12-22)27(31(38)40-5-2)19(3)35-32(36)42-26/h6-17,28H,4-5,18H2,1-3H3/b26-17-. The first-order chi connectivity index (χ1) is 20.3. The lowest BCUT2D eigenvalue weighted by Crippen LogP contribution is -2.39. The summed E-state index contributed by atoms with van der Waals surface area (Å²) in [5, 5.41) is 0.552. The summed E-state index contributed by atoms with van der Waals surface area (Å²) < 4.78 is 20.1. The maximum atomic E-state index is 13.9. The van der Waals surface area contributed by atoms with Gasteiger partial charge in [0.1, 0.15) is 6.61 Å². The molecule has 5 rings (SSSR count). The molecule has 7 nitrogen and oxygen atoms in total. The molecule has 0 aliphatic carbocycles. The molecule has 1 unspecified atom stereocenters. The number of halogens is 2. The van der Waals surface area contributed by atoms with Crippen LogP contribution in [0.15, 0.2) is 92.3 Å². The lowest BCUT2D eigenvalue weighted by molar-refractivity contribution is -0.139. The lowest BCUT2D eigenvalue weighted by Gasteiger charge is -2.24. The summed E-state index contributed by atoms with van der Waals surface area (Å²) in [6.45, 7) is 6.43. The molecule has 0 spiro atoms. The number of aromatic nitrogens is 1. The second kappa shape index (κ2) is 13.1. The Morgan fingerprint density at radius 2 is 1.81 bits per heavy atom. The van der Waals surface area contributed by atoms with E-state index in [1.807, 2.05) is 61.5 Å². The second-order valence-electron chi connectivity index (χ2n) is 9.39. The molecule has 0 saturated heterocycles. The molecule has 4 aromatic rings. The Bertz CT molecular complexity index is 1830. The third-order valence-electron chi connectivity index (χ3n) is 6.56. The third kappa shape index (κ3) is 6.23. The normalized spacial score (nSPS) is 14.8. The molecule has 0 radical (unpaired) electrons. The summed E-state index contributed by atoms with van der Waals surface area (Å²) in [5.41, 5.74) is 3.05. The fourth-order valence-corrected chi connectivity index (χ4v) is 6.45. The molecular weight excluding hydrogens is 640 g/mol. The number of thiazole rings is 1. The number of fused-ring (bicyclic) bond motifs is 1. The number of rotatable bonds is 9. The van der Waals surface area contributed by atoms with E-state index in [4.69, 9.17) is 25.8 Å². The van der Waals surface area contributed by atoms with E-state index >= 15 is 0 Å². The van der Waals surface area contributed by atoms with Gasteiger partial charge in [0, 0.05) is 5.02 Å². The Kier molecular flexibility index (Phi) is 9.30. The zero-order chi connectivity index (χ0) is 29.8. The number of benzene rings is 3. The van der Waals surface area contributed by atoms with Crippen LogP contribution < -0.4 is 24.4 Å². The van der Waals surface area contributed by atoms with Crippen LogP contribution in [0.5, 0.6) is 11.5 Å². The molecule has 3 aromatic carbocycles. The lowest BCUT2D eigenvalue weighted by atomic mass is 9.96. The van der Waals surface area contributed by atoms with Crippen LogP contribution in [-0.4, -0.2) is 23.8 Å². The van der Waals surface area contributed by atoms with E-state index in [0.29, 0.717) is 54.8 Å². The molecule has 10 heteroatoms. The number of allylic oxidation sites excluding steroid dienone is 1. The van der Waals surface area contributed by atoms with Crippen LogP contribution in [0.4, 0.5) is 0 Å². The van der Waals surface area contributed by atoms with Gasteiger partial charge in [-0.3, -0.25) is 9.36 Å². The van der Waals surface area contributed by atoms with Crippen molar-refractivity contribution >= 4 is 50.9 Å². The number of carbonyl (C=O) groups excluding carboxylic acids is 1. The van der Waals surface area contributed by atoms with Crippen molar-refractivity contribution in [1.82, 2.24) is 4.57 Å². The number of hydrogen-bond acceptors (Lipinski definition) is 7. The highest BCUT2D eigenvalue weighted by Gasteiger charge is 2.33. The smallest absolute Gasteiger partial charge is 0.338 e. The molecule has 2 heterocycles. The molecule has 1 aliphatic heterocycles. The first-order valence-corrected chi connectivity index (χ1v) is 15.4. The summed E-state index contributed by atoms with van der Waals surface area (Å²) in [7, 11) is 0. The molecule has 0 fully saturated rings. The van der Waals surface area contributed by atoms with Gasteiger partial charge in [-0.15, -0.1) is 0 Å². The Hall–Kier alpha value is -3.66. The Morgan fingerprint density at radius 1 is 1.07 bits per heavy atom. The van der Waals surface area contributed by atoms with Gasteiger partial charge in [-0.1, -0.05) is 65.4 Å². The van der Waals surface area contributed by atoms with E-state index in [1.54, 1.807) is 36.6 Å². The highest BCUT2D eigenvalue weighted by Crippen LogP contribution is 2.38. The number of hydrogen-bond donors (Lipinski definition) is 0. The zero-order valence-electron chi connectivity index (χ0n) is 23.2. The van der Waals surface area contributed by atoms with E-state index in [1.165, 1.54) is 11.3 Å². The largest absolute Gasteiger partial charge is 0.490 e. The van der Waals surface area contributed by atoms with Gasteiger partial charge in [0.2, 0.25) is 0 Å². The van der Waals surface area contributed by atoms with Crippen molar-refractivity contribution in [2.75, 3.05) is 13.2 Å². The predicted molar refractivity (Wildman–Crippen MR) is 168 cm³/mol. The number of ether oxygens (including phenoxy) is 3. The average Bonchev–Trinajstić information content (AvgIpc) is 3.27. The van der Waals surface area contributed by atoms with Crippen molar-refractivity contribution in [2.24, 2.45) is 4.99 Å². The Balaban J connectivity index is 1.59. The van der Waals surface area contributed by atoms with Crippen LogP contribution >= 0.6 is 38.9 Å². The molecule has 216 valence electrons. The van der Waals surface area contributed by atoms with Gasteiger partial charge in [-0.05, 0) is 83.7 Å². The minimum absolute atomic E-state index is 0.204. The maximum absolute atomic E-state index is 13.9. The van der Waals surface area contributed by atoms with Crippen molar-refractivity contribution in [3.8, 4) is 11.5 Å². The molecule has 1 atom stereocenters. The topological polar surface area (TPSA) is 79.1 Å². The summed E-state index contributed by atoms with van der Waals surface area (Å²) in [5.74, 6) is 0.627. The van der Waals surface area contributed by atoms with Crippen molar-refractivity contribution < 1.29 is 19.0 Å². The summed E-state index contributed by atoms with van der Waals surface area (Å²) in [6, 6.07) is 20.0. The van der Waals surface area contributed by atoms with Crippen LogP contribution in [0.1, 0.15) is 43.5 Å². The summed E-state index contributed by atoms with van der Waals surface area (Å²) >= 11 is 11.0. The van der Waals surface area contributed by atoms with Crippen LogP contribution in [0.3, 0.4) is 0 Å². The van der Waals surface area contributed by atoms with Gasteiger partial charge in [0.25, 0.3) is 5.56 Å². The van der Waals surface area contributed by atoms with Gasteiger partial charge in [0.05, 0.1) is 39.5 Å². The predicted octanol–water partition coefficient (Wildman–Crippen LogP) is 6.19. The molecular formula is C32H28BrClN2O5S. The molecule has 0 N–H and O–H groups in total. The minimum Gasteiger partial charge on any atom is -0.490 e. The average molecular weight is 668 g/mol. The van der Waals surface area contributed by atoms with Crippen molar-refractivity contribution in [3.05, 3.63) is 124 Å². The van der Waals surface area contributed by atoms with Gasteiger partial charge in [-0.2, -0.15) is 0 Å². The van der Waals surface area contributed by atoms with Crippen LogP contribution in [0.2, 0.25) is 5.02 Å². The SMILES string of the molecule is CCOC(=O)C1=C(C)N=c2s/c(=C\c3cc(Br)c(OCc4ccccc4)c(OCC)c3)c(=O)n2C1c1ccc(Cl)cc1. The Labute approximate surface area is 260 Å². The fraction of sp³-hybridized carbons (Fsp3) is 0.219. The minimum atomic E-state index is -0.709. The van der Waals surface area contributed by atoms with Crippen LogP contribution in [-0.2, 0) is 16.1 Å². The van der Waals surface area contributed by atoms with E-state index < -0.39 is 12.0 Å². The molecule has 42 heavy (non-hydrogen) atoms.